The highest BCUT2D eigenvalue weighted by molar-refractivity contribution is 6.90. The summed E-state index contributed by atoms with van der Waals surface area (Å²) in [4.78, 5) is 13.1. The molecule has 0 radical (unpaired) electrons. The quantitative estimate of drug-likeness (QED) is 0.242. The van der Waals surface area contributed by atoms with Crippen LogP contribution in [0.15, 0.2) is 60.7 Å². The lowest BCUT2D eigenvalue weighted by atomic mass is 9.75. The second-order valence-corrected chi connectivity index (χ2v) is 15.3. The number of ketones is 1. The summed E-state index contributed by atoms with van der Waals surface area (Å²) in [6, 6.07) is 20.1. The van der Waals surface area contributed by atoms with Crippen molar-refractivity contribution in [2.75, 3.05) is 0 Å². The summed E-state index contributed by atoms with van der Waals surface area (Å²) in [7, 11) is -1.78. The summed E-state index contributed by atoms with van der Waals surface area (Å²) in [5.41, 5.74) is 7.35. The molecule has 0 fully saturated rings. The van der Waals surface area contributed by atoms with Gasteiger partial charge in [-0.3, -0.25) is 4.79 Å². The van der Waals surface area contributed by atoms with E-state index in [1.165, 1.54) is 5.56 Å². The summed E-state index contributed by atoms with van der Waals surface area (Å²) >= 11 is 0. The molecule has 0 aliphatic rings. The van der Waals surface area contributed by atoms with E-state index in [2.05, 4.69) is 84.2 Å². The van der Waals surface area contributed by atoms with Gasteiger partial charge in [-0.1, -0.05) is 109 Å². The van der Waals surface area contributed by atoms with Gasteiger partial charge in [-0.05, 0) is 22.2 Å². The van der Waals surface area contributed by atoms with E-state index < -0.39 is 8.07 Å². The number of hydrogen-bond acceptors (Lipinski definition) is 1. The fraction of sp³-hybridized carbons (Fsp3) is 0.464. The highest BCUT2D eigenvalue weighted by Gasteiger charge is 2.41. The van der Waals surface area contributed by atoms with Crippen molar-refractivity contribution in [2.24, 2.45) is 0 Å². The van der Waals surface area contributed by atoms with Crippen LogP contribution < -0.4 is 0 Å². The van der Waals surface area contributed by atoms with E-state index >= 15 is 0 Å². The molecule has 0 N–H and O–H groups in total. The highest BCUT2D eigenvalue weighted by Crippen LogP contribution is 2.41. The van der Waals surface area contributed by atoms with Gasteiger partial charge in [0.25, 0.3) is 0 Å². The Bertz CT molecular complexity index is 849. The number of hydrogen-bond donors (Lipinski definition) is 0. The summed E-state index contributed by atoms with van der Waals surface area (Å²) < 4.78 is 0. The van der Waals surface area contributed by atoms with Crippen molar-refractivity contribution in [2.45, 2.75) is 83.3 Å². The molecular formula is C28H38OSi. The van der Waals surface area contributed by atoms with Crippen LogP contribution in [-0.4, -0.2) is 13.9 Å². The summed E-state index contributed by atoms with van der Waals surface area (Å²) in [6.07, 6.45) is 1.17. The molecule has 0 heterocycles. The fourth-order valence-corrected chi connectivity index (χ4v) is 10.3. The molecule has 2 heteroatoms. The molecule has 0 aliphatic heterocycles. The third-order valence-electron chi connectivity index (χ3n) is 6.77. The number of carbonyl (C=O) groups is 1. The van der Waals surface area contributed by atoms with Crippen LogP contribution in [-0.2, 0) is 5.41 Å². The average molecular weight is 419 g/mol. The van der Waals surface area contributed by atoms with Crippen molar-refractivity contribution < 1.29 is 4.79 Å². The first kappa shape index (κ1) is 24.2. The van der Waals surface area contributed by atoms with Crippen LogP contribution in [0.4, 0.5) is 0 Å². The second-order valence-electron chi connectivity index (χ2n) is 9.77. The lowest BCUT2D eigenvalue weighted by molar-refractivity contribution is 0.0954. The standard InChI is InChI=1S/C28H38OSi/c1-22(2)30(23(3)4,24(5)6)20-14-19-28(7,26-17-12-9-13-18-26)21-27(29)25-15-10-8-11-16-25/h8-13,15-18,22-24H,19,21H2,1-7H3. The molecule has 1 atom stereocenters. The molecule has 30 heavy (non-hydrogen) atoms. The smallest absolute Gasteiger partial charge is 0.163 e. The molecule has 0 aliphatic carbocycles. The van der Waals surface area contributed by atoms with Gasteiger partial charge < -0.3 is 0 Å². The molecule has 0 saturated heterocycles. The van der Waals surface area contributed by atoms with Crippen LogP contribution in [0.5, 0.6) is 0 Å². The van der Waals surface area contributed by atoms with Gasteiger partial charge in [-0.15, -0.1) is 11.5 Å². The summed E-state index contributed by atoms with van der Waals surface area (Å²) in [5, 5.41) is 0. The zero-order valence-corrected chi connectivity index (χ0v) is 20.8. The van der Waals surface area contributed by atoms with Crippen molar-refractivity contribution in [3.63, 3.8) is 0 Å². The van der Waals surface area contributed by atoms with E-state index in [0.29, 0.717) is 29.5 Å². The molecule has 2 aromatic rings. The van der Waals surface area contributed by atoms with Crippen molar-refractivity contribution in [1.29, 1.82) is 0 Å². The number of Topliss-reactive ketones (excluding diaryl/α,β-unsaturated/α-hetero) is 1. The molecule has 0 saturated carbocycles. The van der Waals surface area contributed by atoms with E-state index in [9.17, 15) is 4.79 Å². The number of benzene rings is 2. The lowest BCUT2D eigenvalue weighted by Crippen LogP contribution is -2.43. The Kier molecular flexibility index (Phi) is 8.27. The van der Waals surface area contributed by atoms with E-state index in [4.69, 9.17) is 0 Å². The fourth-order valence-electron chi connectivity index (χ4n) is 5.01. The van der Waals surface area contributed by atoms with Crippen LogP contribution in [0.25, 0.3) is 0 Å². The molecule has 2 rings (SSSR count). The van der Waals surface area contributed by atoms with Crippen molar-refractivity contribution >= 4 is 13.9 Å². The molecular weight excluding hydrogens is 380 g/mol. The Hall–Kier alpha value is -2.11. The topological polar surface area (TPSA) is 17.1 Å². The first-order chi connectivity index (χ1) is 14.1. The summed E-state index contributed by atoms with van der Waals surface area (Å²) in [6.45, 7) is 16.3. The zero-order valence-electron chi connectivity index (χ0n) is 19.8. The van der Waals surface area contributed by atoms with Gasteiger partial charge in [0.1, 0.15) is 8.07 Å². The largest absolute Gasteiger partial charge is 0.294 e. The van der Waals surface area contributed by atoms with Crippen LogP contribution in [0.3, 0.4) is 0 Å². The second kappa shape index (κ2) is 10.3. The molecule has 1 unspecified atom stereocenters. The predicted molar refractivity (Wildman–Crippen MR) is 133 cm³/mol. The highest BCUT2D eigenvalue weighted by atomic mass is 28.3. The Balaban J connectivity index is 2.40. The van der Waals surface area contributed by atoms with Crippen LogP contribution in [0.1, 0.15) is 77.2 Å². The predicted octanol–water partition coefficient (Wildman–Crippen LogP) is 7.83. The minimum Gasteiger partial charge on any atom is -0.294 e. The number of rotatable bonds is 8. The summed E-state index contributed by atoms with van der Waals surface area (Å²) in [5.74, 6) is 3.81. The third-order valence-corrected chi connectivity index (χ3v) is 13.1. The van der Waals surface area contributed by atoms with Crippen LogP contribution >= 0.6 is 0 Å². The Morgan fingerprint density at radius 2 is 1.30 bits per heavy atom. The Labute approximate surface area is 185 Å². The van der Waals surface area contributed by atoms with Gasteiger partial charge in [0.05, 0.1) is 0 Å². The van der Waals surface area contributed by atoms with E-state index in [-0.39, 0.29) is 11.2 Å². The van der Waals surface area contributed by atoms with Crippen molar-refractivity contribution in [3.05, 3.63) is 71.8 Å². The maximum atomic E-state index is 13.1. The van der Waals surface area contributed by atoms with Gasteiger partial charge in [-0.2, -0.15) is 0 Å². The molecule has 1 nitrogen and oxygen atoms in total. The minimum atomic E-state index is -1.78. The lowest BCUT2D eigenvalue weighted by Gasteiger charge is -2.38. The van der Waals surface area contributed by atoms with Crippen LogP contribution in [0, 0.1) is 11.5 Å². The van der Waals surface area contributed by atoms with Gasteiger partial charge >= 0.3 is 0 Å². The van der Waals surface area contributed by atoms with Gasteiger partial charge in [0, 0.05) is 23.8 Å². The van der Waals surface area contributed by atoms with Crippen molar-refractivity contribution in [3.8, 4) is 11.5 Å². The van der Waals surface area contributed by atoms with E-state index in [1.54, 1.807) is 0 Å². The molecule has 2 aromatic carbocycles. The first-order valence-electron chi connectivity index (χ1n) is 11.3. The van der Waals surface area contributed by atoms with Crippen molar-refractivity contribution in [1.82, 2.24) is 0 Å². The normalized spacial score (nSPS) is 13.8. The average Bonchev–Trinajstić information content (AvgIpc) is 2.71. The Morgan fingerprint density at radius 1 is 0.833 bits per heavy atom. The SMILES string of the molecule is CC(C)[Si](C#CCC(C)(CC(=O)c1ccccc1)c1ccccc1)(C(C)C)C(C)C. The first-order valence-corrected chi connectivity index (χ1v) is 13.5. The van der Waals surface area contributed by atoms with Crippen LogP contribution in [0.2, 0.25) is 16.6 Å². The van der Waals surface area contributed by atoms with Gasteiger partial charge in [-0.25, -0.2) is 0 Å². The molecule has 0 bridgehead atoms. The molecule has 0 aromatic heterocycles. The maximum absolute atomic E-state index is 13.1. The minimum absolute atomic E-state index is 0.184. The van der Waals surface area contributed by atoms with Gasteiger partial charge in [0.15, 0.2) is 5.78 Å². The molecule has 0 spiro atoms. The molecule has 0 amide bonds. The van der Waals surface area contributed by atoms with Gasteiger partial charge in [0.2, 0.25) is 0 Å². The van der Waals surface area contributed by atoms with E-state index in [1.807, 2.05) is 36.4 Å². The molecule has 160 valence electrons. The maximum Gasteiger partial charge on any atom is 0.163 e. The third kappa shape index (κ3) is 5.32. The Morgan fingerprint density at radius 3 is 1.77 bits per heavy atom. The van der Waals surface area contributed by atoms with E-state index in [0.717, 1.165) is 5.56 Å². The zero-order chi connectivity index (χ0) is 22.4. The monoisotopic (exact) mass is 418 g/mol. The number of carbonyl (C=O) groups excluding carboxylic acids is 1.